The number of ether oxygens (including phenoxy) is 1. The molecule has 1 aromatic carbocycles. The lowest BCUT2D eigenvalue weighted by Gasteiger charge is -2.29. The third kappa shape index (κ3) is 3.71. The Bertz CT molecular complexity index is 371. The first-order chi connectivity index (χ1) is 9.24. The molecule has 0 saturated heterocycles. The van der Waals surface area contributed by atoms with Crippen molar-refractivity contribution >= 4 is 0 Å². The highest BCUT2D eigenvalue weighted by atomic mass is 16.5. The van der Waals surface area contributed by atoms with Crippen LogP contribution in [0.1, 0.15) is 37.3 Å². The molecule has 3 heteroatoms. The molecule has 0 amide bonds. The van der Waals surface area contributed by atoms with Crippen LogP contribution in [0.4, 0.5) is 0 Å². The summed E-state index contributed by atoms with van der Waals surface area (Å²) in [5.74, 6) is 1.66. The van der Waals surface area contributed by atoms with E-state index in [1.165, 1.54) is 25.7 Å². The minimum Gasteiger partial charge on any atom is -0.497 e. The third-order valence-electron chi connectivity index (χ3n) is 4.23. The summed E-state index contributed by atoms with van der Waals surface area (Å²) < 4.78 is 5.17. The molecule has 0 aliphatic heterocycles. The summed E-state index contributed by atoms with van der Waals surface area (Å²) in [4.78, 5) is 2.29. The number of benzene rings is 1. The van der Waals surface area contributed by atoms with Crippen molar-refractivity contribution in [2.45, 2.75) is 31.7 Å². The highest BCUT2D eigenvalue weighted by Gasteiger charge is 2.22. The van der Waals surface area contributed by atoms with E-state index in [4.69, 9.17) is 4.74 Å². The number of nitrogens with zero attached hydrogens (tertiary/aromatic N) is 1. The maximum atomic E-state index is 9.68. The molecule has 1 fully saturated rings. The Hall–Kier alpha value is -1.06. The average molecular weight is 263 g/mol. The molecule has 19 heavy (non-hydrogen) atoms. The van der Waals surface area contributed by atoms with Gasteiger partial charge in [0.15, 0.2) is 0 Å². The van der Waals surface area contributed by atoms with Gasteiger partial charge >= 0.3 is 0 Å². The largest absolute Gasteiger partial charge is 0.497 e. The van der Waals surface area contributed by atoms with Crippen LogP contribution >= 0.6 is 0 Å². The minimum atomic E-state index is 0.0894. The molecule has 0 aromatic heterocycles. The Balaban J connectivity index is 2.00. The fraction of sp³-hybridized carbons (Fsp3) is 0.625. The van der Waals surface area contributed by atoms with Crippen LogP contribution in [-0.4, -0.2) is 37.3 Å². The van der Waals surface area contributed by atoms with Crippen LogP contribution in [0, 0.1) is 5.92 Å². The fourth-order valence-electron chi connectivity index (χ4n) is 3.05. The summed E-state index contributed by atoms with van der Waals surface area (Å²) >= 11 is 0. The zero-order chi connectivity index (χ0) is 13.7. The molecule has 1 aromatic rings. The number of aliphatic hydroxyl groups is 1. The zero-order valence-corrected chi connectivity index (χ0v) is 12.0. The van der Waals surface area contributed by atoms with Gasteiger partial charge in [0.05, 0.1) is 19.8 Å². The minimum absolute atomic E-state index is 0.0894. The number of rotatable bonds is 6. The first-order valence-corrected chi connectivity index (χ1v) is 7.19. The first-order valence-electron chi connectivity index (χ1n) is 7.19. The molecule has 1 unspecified atom stereocenters. The van der Waals surface area contributed by atoms with Crippen molar-refractivity contribution in [1.29, 1.82) is 0 Å². The quantitative estimate of drug-likeness (QED) is 0.856. The molecular weight excluding hydrogens is 238 g/mol. The van der Waals surface area contributed by atoms with E-state index in [2.05, 4.69) is 11.9 Å². The van der Waals surface area contributed by atoms with E-state index in [1.54, 1.807) is 7.11 Å². The van der Waals surface area contributed by atoms with Gasteiger partial charge in [-0.15, -0.1) is 0 Å². The van der Waals surface area contributed by atoms with Crippen LogP contribution in [0.25, 0.3) is 0 Å². The number of methoxy groups -OCH3 is 1. The van der Waals surface area contributed by atoms with E-state index in [0.717, 1.165) is 23.8 Å². The van der Waals surface area contributed by atoms with Crippen LogP contribution in [0.3, 0.4) is 0 Å². The molecule has 1 aliphatic rings. The maximum absolute atomic E-state index is 9.68. The summed E-state index contributed by atoms with van der Waals surface area (Å²) in [7, 11) is 3.79. The van der Waals surface area contributed by atoms with Gasteiger partial charge in [0.25, 0.3) is 0 Å². The summed E-state index contributed by atoms with van der Waals surface area (Å²) in [5, 5.41) is 9.68. The standard InChI is InChI=1S/C16H25NO2/c1-17(11-13-5-3-4-6-13)16(12-18)14-7-9-15(19-2)10-8-14/h7-10,13,16,18H,3-6,11-12H2,1-2H3. The van der Waals surface area contributed by atoms with Crippen molar-refractivity contribution in [3.63, 3.8) is 0 Å². The lowest BCUT2D eigenvalue weighted by Crippen LogP contribution is -2.31. The van der Waals surface area contributed by atoms with E-state index in [1.807, 2.05) is 24.3 Å². The first kappa shape index (κ1) is 14.4. The Kier molecular flexibility index (Phi) is 5.23. The van der Waals surface area contributed by atoms with Gasteiger partial charge < -0.3 is 9.84 Å². The van der Waals surface area contributed by atoms with Gasteiger partial charge in [-0.25, -0.2) is 0 Å². The molecule has 0 spiro atoms. The molecule has 1 aliphatic carbocycles. The van der Waals surface area contributed by atoms with E-state index in [9.17, 15) is 5.11 Å². The summed E-state index contributed by atoms with van der Waals surface area (Å²) in [6.45, 7) is 1.24. The summed E-state index contributed by atoms with van der Waals surface area (Å²) in [6, 6.07) is 8.10. The number of hydrogen-bond donors (Lipinski definition) is 1. The molecule has 106 valence electrons. The van der Waals surface area contributed by atoms with Crippen molar-refractivity contribution in [2.24, 2.45) is 5.92 Å². The SMILES string of the molecule is COc1ccc(C(CO)N(C)CC2CCCC2)cc1. The van der Waals surface area contributed by atoms with Gasteiger partial charge in [0.1, 0.15) is 5.75 Å². The molecule has 3 nitrogen and oxygen atoms in total. The smallest absolute Gasteiger partial charge is 0.118 e. The van der Waals surface area contributed by atoms with Crippen LogP contribution in [-0.2, 0) is 0 Å². The van der Waals surface area contributed by atoms with Crippen LogP contribution in [0.5, 0.6) is 5.75 Å². The number of likely N-dealkylation sites (N-methyl/N-ethyl adjacent to an activating group) is 1. The second-order valence-electron chi connectivity index (χ2n) is 5.56. The Morgan fingerprint density at radius 3 is 2.42 bits per heavy atom. The predicted octanol–water partition coefficient (Wildman–Crippen LogP) is 2.85. The lowest BCUT2D eigenvalue weighted by atomic mass is 10.0. The summed E-state index contributed by atoms with van der Waals surface area (Å²) in [5.41, 5.74) is 1.16. The predicted molar refractivity (Wildman–Crippen MR) is 77.4 cm³/mol. The van der Waals surface area contributed by atoms with Crippen molar-refractivity contribution in [3.05, 3.63) is 29.8 Å². The molecular formula is C16H25NO2. The van der Waals surface area contributed by atoms with Crippen molar-refractivity contribution in [3.8, 4) is 5.75 Å². The second-order valence-corrected chi connectivity index (χ2v) is 5.56. The van der Waals surface area contributed by atoms with Gasteiger partial charge in [-0.05, 0) is 43.5 Å². The van der Waals surface area contributed by atoms with E-state index >= 15 is 0 Å². The molecule has 0 heterocycles. The topological polar surface area (TPSA) is 32.7 Å². The highest BCUT2D eigenvalue weighted by molar-refractivity contribution is 5.29. The maximum Gasteiger partial charge on any atom is 0.118 e. The van der Waals surface area contributed by atoms with Gasteiger partial charge in [-0.1, -0.05) is 25.0 Å². The monoisotopic (exact) mass is 263 g/mol. The van der Waals surface area contributed by atoms with E-state index in [-0.39, 0.29) is 12.6 Å². The van der Waals surface area contributed by atoms with Crippen molar-refractivity contribution in [2.75, 3.05) is 27.3 Å². The molecule has 2 rings (SSSR count). The Labute approximate surface area is 116 Å². The highest BCUT2D eigenvalue weighted by Crippen LogP contribution is 2.28. The van der Waals surface area contributed by atoms with E-state index < -0.39 is 0 Å². The van der Waals surface area contributed by atoms with Crippen LogP contribution in [0.2, 0.25) is 0 Å². The summed E-state index contributed by atoms with van der Waals surface area (Å²) in [6.07, 6.45) is 5.41. The zero-order valence-electron chi connectivity index (χ0n) is 12.0. The third-order valence-corrected chi connectivity index (χ3v) is 4.23. The van der Waals surface area contributed by atoms with Crippen LogP contribution < -0.4 is 4.74 Å². The molecule has 0 bridgehead atoms. The number of aliphatic hydroxyl groups excluding tert-OH is 1. The average Bonchev–Trinajstić information content (AvgIpc) is 2.93. The van der Waals surface area contributed by atoms with Crippen molar-refractivity contribution in [1.82, 2.24) is 4.90 Å². The Morgan fingerprint density at radius 2 is 1.89 bits per heavy atom. The van der Waals surface area contributed by atoms with Gasteiger partial charge in [-0.3, -0.25) is 4.90 Å². The molecule has 1 saturated carbocycles. The fourth-order valence-corrected chi connectivity index (χ4v) is 3.05. The Morgan fingerprint density at radius 1 is 1.26 bits per heavy atom. The second kappa shape index (κ2) is 6.92. The molecule has 1 N–H and O–H groups in total. The lowest BCUT2D eigenvalue weighted by molar-refractivity contribution is 0.132. The van der Waals surface area contributed by atoms with Crippen molar-refractivity contribution < 1.29 is 9.84 Å². The van der Waals surface area contributed by atoms with E-state index in [0.29, 0.717) is 0 Å². The van der Waals surface area contributed by atoms with Crippen LogP contribution in [0.15, 0.2) is 24.3 Å². The van der Waals surface area contributed by atoms with Gasteiger partial charge in [-0.2, -0.15) is 0 Å². The molecule has 1 atom stereocenters. The van der Waals surface area contributed by atoms with Gasteiger partial charge in [0, 0.05) is 6.54 Å². The number of hydrogen-bond acceptors (Lipinski definition) is 3. The normalized spacial score (nSPS) is 17.9. The molecule has 0 radical (unpaired) electrons. The van der Waals surface area contributed by atoms with Gasteiger partial charge in [0.2, 0.25) is 0 Å².